The molecule has 3 N–H and O–H groups in total. The van der Waals surface area contributed by atoms with E-state index in [1.807, 2.05) is 0 Å². The molecule has 1 aromatic carbocycles. The van der Waals surface area contributed by atoms with Gasteiger partial charge in [0.1, 0.15) is 5.82 Å². The summed E-state index contributed by atoms with van der Waals surface area (Å²) < 4.78 is 17.0. The number of nitrogens with two attached hydrogens (primary N) is 1. The van der Waals surface area contributed by atoms with Crippen molar-refractivity contribution in [2.24, 2.45) is 5.84 Å². The second-order valence-electron chi connectivity index (χ2n) is 3.47. The quantitative estimate of drug-likeness (QED) is 0.661. The first-order valence-corrected chi connectivity index (χ1v) is 6.09. The highest BCUT2D eigenvalue weighted by Gasteiger charge is 2.16. The molecule has 2 rings (SSSR count). The van der Waals surface area contributed by atoms with Crippen LogP contribution < -0.4 is 11.3 Å². The third-order valence-electron chi connectivity index (χ3n) is 2.39. The average Bonchev–Trinajstić information content (AvgIpc) is 2.85. The lowest BCUT2D eigenvalue weighted by atomic mass is 10.0. The van der Waals surface area contributed by atoms with Gasteiger partial charge >= 0.3 is 0 Å². The summed E-state index contributed by atoms with van der Waals surface area (Å²) in [5, 5.41) is 5.84. The molecule has 0 aliphatic rings. The number of aromatic nitrogens is 2. The molecule has 1 heterocycles. The predicted octanol–water partition coefficient (Wildman–Crippen LogP) is 2.08. The maximum absolute atomic E-state index is 13.3. The van der Waals surface area contributed by atoms with Gasteiger partial charge in [-0.2, -0.15) is 0 Å². The van der Waals surface area contributed by atoms with Gasteiger partial charge in [-0.1, -0.05) is 28.2 Å². The van der Waals surface area contributed by atoms with Crippen molar-refractivity contribution in [3.05, 3.63) is 45.7 Å². The zero-order valence-corrected chi connectivity index (χ0v) is 10.3. The predicted molar refractivity (Wildman–Crippen MR) is 65.1 cm³/mol. The highest BCUT2D eigenvalue weighted by molar-refractivity contribution is 7.03. The molecule has 0 aliphatic heterocycles. The summed E-state index contributed by atoms with van der Waals surface area (Å²) in [6.07, 6.45) is 0.457. The number of nitrogens with one attached hydrogen (secondary N) is 1. The number of benzene rings is 1. The molecule has 0 fully saturated rings. The van der Waals surface area contributed by atoms with Gasteiger partial charge in [0, 0.05) is 5.38 Å². The van der Waals surface area contributed by atoms with Gasteiger partial charge in [0.05, 0.1) is 16.8 Å². The van der Waals surface area contributed by atoms with Crippen LogP contribution in [0.25, 0.3) is 0 Å². The fraction of sp³-hybridized carbons (Fsp3) is 0.200. The van der Waals surface area contributed by atoms with E-state index in [-0.39, 0.29) is 11.1 Å². The third kappa shape index (κ3) is 2.78. The summed E-state index contributed by atoms with van der Waals surface area (Å²) in [5.41, 5.74) is 4.03. The summed E-state index contributed by atoms with van der Waals surface area (Å²) in [6, 6.07) is 4.47. The number of hydrogen-bond donors (Lipinski definition) is 2. The molecule has 0 saturated carbocycles. The van der Waals surface area contributed by atoms with Crippen molar-refractivity contribution in [1.29, 1.82) is 0 Å². The third-order valence-corrected chi connectivity index (χ3v) is 3.34. The molecule has 1 unspecified atom stereocenters. The molecule has 17 heavy (non-hydrogen) atoms. The number of hydrogen-bond acceptors (Lipinski definition) is 5. The highest BCUT2D eigenvalue weighted by Crippen LogP contribution is 2.24. The lowest BCUT2D eigenvalue weighted by molar-refractivity contribution is 0.534. The van der Waals surface area contributed by atoms with Crippen molar-refractivity contribution < 1.29 is 4.39 Å². The van der Waals surface area contributed by atoms with Crippen LogP contribution in [0.2, 0.25) is 5.02 Å². The van der Waals surface area contributed by atoms with Gasteiger partial charge in [-0.25, -0.2) is 4.39 Å². The topological polar surface area (TPSA) is 63.8 Å². The number of halogens is 2. The SMILES string of the molecule is NNC(Cc1cccc(F)c1Cl)c1csnn1. The van der Waals surface area contributed by atoms with Crippen LogP contribution in [-0.4, -0.2) is 9.59 Å². The molecule has 1 atom stereocenters. The van der Waals surface area contributed by atoms with Crippen molar-refractivity contribution >= 4 is 23.1 Å². The highest BCUT2D eigenvalue weighted by atomic mass is 35.5. The van der Waals surface area contributed by atoms with E-state index in [0.717, 1.165) is 5.69 Å². The molecule has 1 aromatic heterocycles. The Hall–Kier alpha value is -1.08. The normalized spacial score (nSPS) is 12.6. The standard InChI is InChI=1S/C10H10ClFN4S/c11-10-6(2-1-3-7(10)12)4-8(14-13)9-5-17-16-15-9/h1-3,5,8,14H,4,13H2. The first-order chi connectivity index (χ1) is 8.22. The average molecular weight is 273 g/mol. The number of rotatable bonds is 4. The summed E-state index contributed by atoms with van der Waals surface area (Å²) in [5.74, 6) is 5.02. The Balaban J connectivity index is 2.22. The minimum atomic E-state index is -0.434. The molecule has 2 aromatic rings. The van der Waals surface area contributed by atoms with Crippen LogP contribution in [0, 0.1) is 5.82 Å². The van der Waals surface area contributed by atoms with Crippen molar-refractivity contribution in [2.75, 3.05) is 0 Å². The van der Waals surface area contributed by atoms with Crippen LogP contribution in [0.3, 0.4) is 0 Å². The molecule has 0 radical (unpaired) electrons. The Morgan fingerprint density at radius 2 is 2.35 bits per heavy atom. The van der Waals surface area contributed by atoms with Gasteiger partial charge in [0.2, 0.25) is 0 Å². The van der Waals surface area contributed by atoms with Crippen LogP contribution in [0.5, 0.6) is 0 Å². The summed E-state index contributed by atoms with van der Waals surface area (Å²) in [7, 11) is 0. The van der Waals surface area contributed by atoms with E-state index < -0.39 is 5.82 Å². The summed E-state index contributed by atoms with van der Waals surface area (Å²) >= 11 is 7.12. The Morgan fingerprint density at radius 1 is 1.53 bits per heavy atom. The molecule has 0 spiro atoms. The Labute approximate surface area is 107 Å². The largest absolute Gasteiger partial charge is 0.271 e. The van der Waals surface area contributed by atoms with Crippen LogP contribution in [0.4, 0.5) is 4.39 Å². The monoisotopic (exact) mass is 272 g/mol. The molecular weight excluding hydrogens is 263 g/mol. The van der Waals surface area contributed by atoms with E-state index in [1.54, 1.807) is 17.5 Å². The van der Waals surface area contributed by atoms with Gasteiger partial charge < -0.3 is 0 Å². The van der Waals surface area contributed by atoms with E-state index in [1.165, 1.54) is 17.6 Å². The van der Waals surface area contributed by atoms with Gasteiger partial charge in [-0.15, -0.1) is 5.10 Å². The lowest BCUT2D eigenvalue weighted by Gasteiger charge is -2.14. The van der Waals surface area contributed by atoms with Crippen molar-refractivity contribution in [3.63, 3.8) is 0 Å². The zero-order chi connectivity index (χ0) is 12.3. The molecule has 0 saturated heterocycles. The number of nitrogens with zero attached hydrogens (tertiary/aromatic N) is 2. The second-order valence-corrected chi connectivity index (χ2v) is 4.45. The van der Waals surface area contributed by atoms with E-state index in [9.17, 15) is 4.39 Å². The molecule has 0 aliphatic carbocycles. The second kappa shape index (κ2) is 5.50. The maximum Gasteiger partial charge on any atom is 0.142 e. The van der Waals surface area contributed by atoms with Gasteiger partial charge in [-0.05, 0) is 29.6 Å². The first-order valence-electron chi connectivity index (χ1n) is 4.88. The molecule has 4 nitrogen and oxygen atoms in total. The summed E-state index contributed by atoms with van der Waals surface area (Å²) in [4.78, 5) is 0. The Kier molecular flexibility index (Phi) is 4.01. The van der Waals surface area contributed by atoms with Crippen LogP contribution in [0.15, 0.2) is 23.6 Å². The van der Waals surface area contributed by atoms with Gasteiger partial charge in [0.25, 0.3) is 0 Å². The molecule has 90 valence electrons. The van der Waals surface area contributed by atoms with Crippen molar-refractivity contribution in [1.82, 2.24) is 15.0 Å². The Morgan fingerprint density at radius 3 is 3.00 bits per heavy atom. The van der Waals surface area contributed by atoms with E-state index in [0.29, 0.717) is 12.0 Å². The molecule has 7 heteroatoms. The smallest absolute Gasteiger partial charge is 0.142 e. The fourth-order valence-electron chi connectivity index (χ4n) is 1.50. The van der Waals surface area contributed by atoms with Crippen molar-refractivity contribution in [2.45, 2.75) is 12.5 Å². The zero-order valence-electron chi connectivity index (χ0n) is 8.73. The maximum atomic E-state index is 13.3. The van der Waals surface area contributed by atoms with E-state index in [2.05, 4.69) is 15.0 Å². The molecular formula is C10H10ClFN4S. The van der Waals surface area contributed by atoms with Crippen LogP contribution in [-0.2, 0) is 6.42 Å². The number of hydrazine groups is 1. The van der Waals surface area contributed by atoms with E-state index >= 15 is 0 Å². The fourth-order valence-corrected chi connectivity index (χ4v) is 2.21. The Bertz CT molecular complexity index is 491. The first kappa shape index (κ1) is 12.4. The minimum absolute atomic E-state index is 0.121. The van der Waals surface area contributed by atoms with Gasteiger partial charge in [-0.3, -0.25) is 11.3 Å². The van der Waals surface area contributed by atoms with E-state index in [4.69, 9.17) is 17.4 Å². The molecule has 0 bridgehead atoms. The van der Waals surface area contributed by atoms with Crippen LogP contribution >= 0.6 is 23.1 Å². The summed E-state index contributed by atoms with van der Waals surface area (Å²) in [6.45, 7) is 0. The minimum Gasteiger partial charge on any atom is -0.271 e. The van der Waals surface area contributed by atoms with Gasteiger partial charge in [0.15, 0.2) is 0 Å². The lowest BCUT2D eigenvalue weighted by Crippen LogP contribution is -2.30. The van der Waals surface area contributed by atoms with Crippen molar-refractivity contribution in [3.8, 4) is 0 Å². The molecule has 0 amide bonds. The van der Waals surface area contributed by atoms with Crippen LogP contribution in [0.1, 0.15) is 17.3 Å².